The Balaban J connectivity index is 2.30. The summed E-state index contributed by atoms with van der Waals surface area (Å²) in [4.78, 5) is 25.0. The van der Waals surface area contributed by atoms with Gasteiger partial charge in [-0.1, -0.05) is 18.2 Å². The number of amides is 1. The van der Waals surface area contributed by atoms with E-state index in [1.165, 1.54) is 4.57 Å². The highest BCUT2D eigenvalue weighted by Crippen LogP contribution is 2.24. The molecule has 0 fully saturated rings. The van der Waals surface area contributed by atoms with Crippen molar-refractivity contribution in [1.82, 2.24) is 9.88 Å². The number of para-hydroxylation sites is 1. The Labute approximate surface area is 178 Å². The Morgan fingerprint density at radius 2 is 1.67 bits per heavy atom. The zero-order valence-corrected chi connectivity index (χ0v) is 19.1. The minimum atomic E-state index is -0.599. The third-order valence-corrected chi connectivity index (χ3v) is 4.10. The molecule has 0 aliphatic carbocycles. The van der Waals surface area contributed by atoms with Crippen LogP contribution < -0.4 is 5.32 Å². The van der Waals surface area contributed by atoms with Crippen molar-refractivity contribution in [2.24, 2.45) is 0 Å². The van der Waals surface area contributed by atoms with E-state index in [1.54, 1.807) is 6.20 Å². The zero-order valence-electron chi connectivity index (χ0n) is 19.1. The van der Waals surface area contributed by atoms with Gasteiger partial charge in [0.15, 0.2) is 0 Å². The van der Waals surface area contributed by atoms with Crippen LogP contribution in [0.25, 0.3) is 10.9 Å². The first-order valence-electron chi connectivity index (χ1n) is 10.3. The van der Waals surface area contributed by atoms with Crippen LogP contribution in [-0.4, -0.2) is 47.2 Å². The van der Waals surface area contributed by atoms with Crippen LogP contribution in [0, 0.1) is 0 Å². The lowest BCUT2D eigenvalue weighted by molar-refractivity contribution is 0.0447. The number of fused-ring (bicyclic) bond motifs is 1. The minimum Gasteiger partial charge on any atom is -0.444 e. The van der Waals surface area contributed by atoms with Gasteiger partial charge in [0.25, 0.3) is 0 Å². The molecule has 1 unspecified atom stereocenters. The fourth-order valence-electron chi connectivity index (χ4n) is 3.03. The molecule has 0 radical (unpaired) electrons. The summed E-state index contributed by atoms with van der Waals surface area (Å²) < 4.78 is 18.0. The Kier molecular flexibility index (Phi) is 7.53. The Hall–Kier alpha value is -2.54. The van der Waals surface area contributed by atoms with Gasteiger partial charge in [0.1, 0.15) is 11.2 Å². The number of carbonyl (C=O) groups is 2. The van der Waals surface area contributed by atoms with Crippen molar-refractivity contribution in [3.8, 4) is 0 Å². The van der Waals surface area contributed by atoms with E-state index >= 15 is 0 Å². The predicted octanol–water partition coefficient (Wildman–Crippen LogP) is 4.90. The molecule has 0 spiro atoms. The average molecular weight is 419 g/mol. The van der Waals surface area contributed by atoms with Gasteiger partial charge in [0, 0.05) is 18.2 Å². The maximum Gasteiger partial charge on any atom is 0.419 e. The first kappa shape index (κ1) is 23.7. The van der Waals surface area contributed by atoms with Crippen LogP contribution in [0.2, 0.25) is 0 Å². The Morgan fingerprint density at radius 1 is 1.03 bits per heavy atom. The Morgan fingerprint density at radius 3 is 2.27 bits per heavy atom. The number of aromatic nitrogens is 1. The van der Waals surface area contributed by atoms with Crippen LogP contribution in [-0.2, 0) is 20.6 Å². The lowest BCUT2D eigenvalue weighted by Gasteiger charge is -2.23. The van der Waals surface area contributed by atoms with Gasteiger partial charge in [0.2, 0.25) is 0 Å². The summed E-state index contributed by atoms with van der Waals surface area (Å²) in [6.07, 6.45) is 1.32. The van der Waals surface area contributed by atoms with E-state index in [2.05, 4.69) is 5.32 Å². The first-order chi connectivity index (χ1) is 13.9. The van der Waals surface area contributed by atoms with Crippen LogP contribution >= 0.6 is 0 Å². The van der Waals surface area contributed by atoms with Gasteiger partial charge in [0.05, 0.1) is 18.2 Å². The summed E-state index contributed by atoms with van der Waals surface area (Å²) in [5.74, 6) is 0. The third kappa shape index (κ3) is 7.06. The summed E-state index contributed by atoms with van der Waals surface area (Å²) in [5, 5.41) is 3.81. The molecule has 30 heavy (non-hydrogen) atoms. The summed E-state index contributed by atoms with van der Waals surface area (Å²) in [6.45, 7) is 13.7. The largest absolute Gasteiger partial charge is 0.444 e. The van der Waals surface area contributed by atoms with Crippen molar-refractivity contribution in [3.63, 3.8) is 0 Å². The number of nitrogens with zero attached hydrogens (tertiary/aromatic N) is 1. The molecule has 166 valence electrons. The van der Waals surface area contributed by atoms with Crippen molar-refractivity contribution in [2.75, 3.05) is 13.2 Å². The van der Waals surface area contributed by atoms with Gasteiger partial charge < -0.3 is 19.5 Å². The maximum atomic E-state index is 12.7. The monoisotopic (exact) mass is 418 g/mol. The van der Waals surface area contributed by atoms with Crippen LogP contribution in [0.3, 0.4) is 0 Å². The molecule has 0 bridgehead atoms. The lowest BCUT2D eigenvalue weighted by Crippen LogP contribution is -2.42. The van der Waals surface area contributed by atoms with Gasteiger partial charge >= 0.3 is 12.2 Å². The molecule has 1 aromatic heterocycles. The van der Waals surface area contributed by atoms with Gasteiger partial charge in [-0.3, -0.25) is 4.57 Å². The Bertz CT molecular complexity index is 874. The van der Waals surface area contributed by atoms with Crippen molar-refractivity contribution in [3.05, 3.63) is 36.0 Å². The molecule has 7 nitrogen and oxygen atoms in total. The van der Waals surface area contributed by atoms with Crippen molar-refractivity contribution in [1.29, 1.82) is 0 Å². The van der Waals surface area contributed by atoms with Crippen LogP contribution in [0.15, 0.2) is 30.5 Å². The molecule has 1 aromatic carbocycles. The molecule has 1 heterocycles. The molecule has 0 saturated carbocycles. The van der Waals surface area contributed by atoms with Crippen LogP contribution in [0.1, 0.15) is 54.0 Å². The predicted molar refractivity (Wildman–Crippen MR) is 117 cm³/mol. The summed E-state index contributed by atoms with van der Waals surface area (Å²) >= 11 is 0. The van der Waals surface area contributed by atoms with E-state index in [1.807, 2.05) is 72.7 Å². The highest BCUT2D eigenvalue weighted by Gasteiger charge is 2.24. The second kappa shape index (κ2) is 9.51. The molecule has 2 aromatic rings. The minimum absolute atomic E-state index is 0.308. The number of carbonyl (C=O) groups excluding carboxylic acids is 2. The molecular weight excluding hydrogens is 384 g/mol. The molecule has 1 atom stereocenters. The quantitative estimate of drug-likeness (QED) is 0.722. The van der Waals surface area contributed by atoms with Gasteiger partial charge in [-0.05, 0) is 66.5 Å². The number of rotatable bonds is 6. The number of hydrogen-bond donors (Lipinski definition) is 1. The average Bonchev–Trinajstić information content (AvgIpc) is 2.95. The smallest absolute Gasteiger partial charge is 0.419 e. The van der Waals surface area contributed by atoms with E-state index in [0.717, 1.165) is 16.5 Å². The van der Waals surface area contributed by atoms with Gasteiger partial charge in [-0.15, -0.1) is 0 Å². The summed E-state index contributed by atoms with van der Waals surface area (Å²) in [7, 11) is 0. The van der Waals surface area contributed by atoms with Crippen LogP contribution in [0.4, 0.5) is 9.59 Å². The normalized spacial score (nSPS) is 13.2. The first-order valence-corrected chi connectivity index (χ1v) is 10.3. The molecular formula is C23H34N2O5. The van der Waals surface area contributed by atoms with E-state index < -0.39 is 23.4 Å². The van der Waals surface area contributed by atoms with E-state index in [4.69, 9.17) is 14.2 Å². The molecule has 1 N–H and O–H groups in total. The van der Waals surface area contributed by atoms with E-state index in [-0.39, 0.29) is 6.04 Å². The number of alkyl carbamates (subject to hydrolysis) is 1. The van der Waals surface area contributed by atoms with Gasteiger partial charge in [-0.2, -0.15) is 0 Å². The number of ether oxygens (including phenoxy) is 3. The highest BCUT2D eigenvalue weighted by molar-refractivity contribution is 5.92. The number of benzene rings is 1. The standard InChI is InChI=1S/C23H34N2O5/c1-8-28-15-17(24-20(26)29-22(2,3)4)13-16-14-25(21(27)30-23(5,6)7)19-12-10-9-11-18(16)19/h9-12,14,17H,8,13,15H2,1-7H3,(H,24,26). The zero-order chi connectivity index (χ0) is 22.5. The molecule has 1 amide bonds. The van der Waals surface area contributed by atoms with Gasteiger partial charge in [-0.25, -0.2) is 9.59 Å². The second-order valence-electron chi connectivity index (χ2n) is 9.23. The molecule has 0 aliphatic rings. The van der Waals surface area contributed by atoms with E-state index in [9.17, 15) is 9.59 Å². The van der Waals surface area contributed by atoms with Crippen molar-refractivity contribution < 1.29 is 23.8 Å². The summed E-state index contributed by atoms with van der Waals surface area (Å²) in [6, 6.07) is 7.32. The summed E-state index contributed by atoms with van der Waals surface area (Å²) in [5.41, 5.74) is 0.483. The molecule has 0 saturated heterocycles. The molecule has 0 aliphatic heterocycles. The van der Waals surface area contributed by atoms with Crippen LogP contribution in [0.5, 0.6) is 0 Å². The highest BCUT2D eigenvalue weighted by atomic mass is 16.6. The number of hydrogen-bond acceptors (Lipinski definition) is 5. The maximum absolute atomic E-state index is 12.7. The lowest BCUT2D eigenvalue weighted by atomic mass is 10.1. The third-order valence-electron chi connectivity index (χ3n) is 4.10. The molecule has 7 heteroatoms. The fourth-order valence-corrected chi connectivity index (χ4v) is 3.03. The second-order valence-corrected chi connectivity index (χ2v) is 9.23. The number of nitrogens with one attached hydrogen (secondary N) is 1. The SMILES string of the molecule is CCOCC(Cc1cn(C(=O)OC(C)(C)C)c2ccccc12)NC(=O)OC(C)(C)C. The fraction of sp³-hybridized carbons (Fsp3) is 0.565. The molecule has 2 rings (SSSR count). The van der Waals surface area contributed by atoms with E-state index in [0.29, 0.717) is 19.6 Å². The topological polar surface area (TPSA) is 78.8 Å². The van der Waals surface area contributed by atoms with Crippen molar-refractivity contribution >= 4 is 23.1 Å². The van der Waals surface area contributed by atoms with Crippen molar-refractivity contribution in [2.45, 2.75) is 72.1 Å².